The van der Waals surface area contributed by atoms with E-state index in [0.717, 1.165) is 0 Å². The Morgan fingerprint density at radius 1 is 1.61 bits per heavy atom. The van der Waals surface area contributed by atoms with Gasteiger partial charge in [0.15, 0.2) is 5.78 Å². The van der Waals surface area contributed by atoms with Crippen LogP contribution in [0.1, 0.15) is 19.8 Å². The zero-order chi connectivity index (χ0) is 13.7. The average Bonchev–Trinajstić information content (AvgIpc) is 2.72. The summed E-state index contributed by atoms with van der Waals surface area (Å²) in [7, 11) is 0. The van der Waals surface area contributed by atoms with Gasteiger partial charge in [-0.25, -0.2) is 0 Å². The Kier molecular flexibility index (Phi) is 5.55. The Labute approximate surface area is 111 Å². The molecular weight excluding hydrogens is 258 g/mol. The fraction of sp³-hybridized carbons (Fsp3) is 0.727. The maximum atomic E-state index is 11.6. The van der Waals surface area contributed by atoms with Crippen LogP contribution in [0, 0.1) is 5.92 Å². The van der Waals surface area contributed by atoms with Crippen LogP contribution in [-0.4, -0.2) is 42.1 Å². The normalized spacial score (nSPS) is 22.2. The van der Waals surface area contributed by atoms with Crippen molar-refractivity contribution in [3.05, 3.63) is 0 Å². The summed E-state index contributed by atoms with van der Waals surface area (Å²) in [5.41, 5.74) is 5.43. The molecule has 0 unspecified atom stereocenters. The first-order chi connectivity index (χ1) is 8.45. The van der Waals surface area contributed by atoms with Crippen LogP contribution >= 0.6 is 11.6 Å². The maximum absolute atomic E-state index is 11.6. The smallest absolute Gasteiger partial charge is 0.237 e. The summed E-state index contributed by atoms with van der Waals surface area (Å²) >= 11 is 5.50. The van der Waals surface area contributed by atoms with Crippen LogP contribution in [0.4, 0.5) is 0 Å². The molecule has 1 rings (SSSR count). The van der Waals surface area contributed by atoms with Crippen molar-refractivity contribution in [3.8, 4) is 0 Å². The molecule has 3 atom stereocenters. The van der Waals surface area contributed by atoms with E-state index in [1.165, 1.54) is 6.92 Å². The summed E-state index contributed by atoms with van der Waals surface area (Å²) in [5.74, 6) is -1.26. The highest BCUT2D eigenvalue weighted by molar-refractivity contribution is 6.28. The third kappa shape index (κ3) is 3.96. The lowest BCUT2D eigenvalue weighted by Gasteiger charge is -2.20. The highest BCUT2D eigenvalue weighted by Gasteiger charge is 2.31. The second-order valence-electron chi connectivity index (χ2n) is 4.46. The number of amides is 2. The molecule has 0 aromatic carbocycles. The highest BCUT2D eigenvalue weighted by atomic mass is 35.5. The van der Waals surface area contributed by atoms with E-state index in [-0.39, 0.29) is 29.9 Å². The second kappa shape index (κ2) is 6.70. The first kappa shape index (κ1) is 14.9. The molecule has 0 saturated carbocycles. The molecule has 1 saturated heterocycles. The Morgan fingerprint density at radius 3 is 2.72 bits per heavy atom. The number of carbonyl (C=O) groups excluding carboxylic acids is 3. The third-order valence-corrected chi connectivity index (χ3v) is 3.20. The number of nitrogens with one attached hydrogen (secondary N) is 2. The molecule has 1 aliphatic heterocycles. The van der Waals surface area contributed by atoms with E-state index in [9.17, 15) is 14.4 Å². The van der Waals surface area contributed by atoms with Gasteiger partial charge in [-0.3, -0.25) is 14.4 Å². The molecular formula is C11H18ClN3O3. The quantitative estimate of drug-likeness (QED) is 0.550. The molecule has 0 aromatic rings. The minimum absolute atomic E-state index is 0.0857. The van der Waals surface area contributed by atoms with Crippen molar-refractivity contribution in [2.45, 2.75) is 31.8 Å². The number of rotatable bonds is 6. The van der Waals surface area contributed by atoms with Crippen LogP contribution in [0.15, 0.2) is 0 Å². The SMILES string of the molecule is C[C@H](N)C(=O)N[C@@H](C[C@@H]1CCNC1=O)C(=O)CCl. The number of nitrogens with two attached hydrogens (primary N) is 1. The molecule has 18 heavy (non-hydrogen) atoms. The van der Waals surface area contributed by atoms with E-state index < -0.39 is 18.0 Å². The van der Waals surface area contributed by atoms with Crippen LogP contribution in [-0.2, 0) is 14.4 Å². The molecule has 2 amide bonds. The molecule has 0 aromatic heterocycles. The molecule has 7 heteroatoms. The van der Waals surface area contributed by atoms with Gasteiger partial charge in [0.05, 0.1) is 18.0 Å². The molecule has 102 valence electrons. The summed E-state index contributed by atoms with van der Waals surface area (Å²) in [5, 5.41) is 5.22. The van der Waals surface area contributed by atoms with Crippen LogP contribution in [0.2, 0.25) is 0 Å². The van der Waals surface area contributed by atoms with Gasteiger partial charge in [0.25, 0.3) is 0 Å². The molecule has 0 bridgehead atoms. The van der Waals surface area contributed by atoms with Crippen LogP contribution < -0.4 is 16.4 Å². The molecule has 6 nitrogen and oxygen atoms in total. The number of carbonyl (C=O) groups is 3. The zero-order valence-corrected chi connectivity index (χ0v) is 11.0. The second-order valence-corrected chi connectivity index (χ2v) is 4.73. The summed E-state index contributed by atoms with van der Waals surface area (Å²) in [6.45, 7) is 2.13. The lowest BCUT2D eigenvalue weighted by molar-refractivity contribution is -0.129. The summed E-state index contributed by atoms with van der Waals surface area (Å²) < 4.78 is 0. The predicted octanol–water partition coefficient (Wildman–Crippen LogP) is -0.847. The van der Waals surface area contributed by atoms with Gasteiger partial charge in [-0.05, 0) is 19.8 Å². The average molecular weight is 276 g/mol. The van der Waals surface area contributed by atoms with E-state index in [4.69, 9.17) is 17.3 Å². The van der Waals surface area contributed by atoms with Crippen molar-refractivity contribution in [3.63, 3.8) is 0 Å². The van der Waals surface area contributed by atoms with Crippen molar-refractivity contribution in [1.29, 1.82) is 0 Å². The number of halogens is 1. The number of hydrogen-bond acceptors (Lipinski definition) is 4. The first-order valence-corrected chi connectivity index (χ1v) is 6.41. The Hall–Kier alpha value is -1.14. The van der Waals surface area contributed by atoms with Crippen LogP contribution in [0.3, 0.4) is 0 Å². The van der Waals surface area contributed by atoms with Crippen molar-refractivity contribution < 1.29 is 14.4 Å². The monoisotopic (exact) mass is 275 g/mol. The van der Waals surface area contributed by atoms with Gasteiger partial charge < -0.3 is 16.4 Å². The number of Topliss-reactive ketones (excluding diaryl/α,β-unsaturated/α-hetero) is 1. The van der Waals surface area contributed by atoms with Gasteiger partial charge in [-0.2, -0.15) is 0 Å². The molecule has 0 spiro atoms. The third-order valence-electron chi connectivity index (χ3n) is 2.93. The van der Waals surface area contributed by atoms with E-state index in [1.807, 2.05) is 0 Å². The van der Waals surface area contributed by atoms with E-state index in [0.29, 0.717) is 13.0 Å². The van der Waals surface area contributed by atoms with Gasteiger partial charge >= 0.3 is 0 Å². The fourth-order valence-electron chi connectivity index (χ4n) is 1.82. The zero-order valence-electron chi connectivity index (χ0n) is 10.2. The molecule has 1 fully saturated rings. The number of hydrogen-bond donors (Lipinski definition) is 3. The minimum Gasteiger partial charge on any atom is -0.356 e. The molecule has 0 radical (unpaired) electrons. The predicted molar refractivity (Wildman–Crippen MR) is 67.0 cm³/mol. The number of ketones is 1. The summed E-state index contributed by atoms with van der Waals surface area (Å²) in [4.78, 5) is 34.6. The number of alkyl halides is 1. The Morgan fingerprint density at radius 2 is 2.28 bits per heavy atom. The van der Waals surface area contributed by atoms with Crippen LogP contribution in [0.25, 0.3) is 0 Å². The van der Waals surface area contributed by atoms with Gasteiger partial charge in [0, 0.05) is 12.5 Å². The van der Waals surface area contributed by atoms with Crippen molar-refractivity contribution in [2.24, 2.45) is 11.7 Å². The lowest BCUT2D eigenvalue weighted by atomic mass is 9.96. The molecule has 1 aliphatic rings. The van der Waals surface area contributed by atoms with E-state index in [2.05, 4.69) is 10.6 Å². The maximum Gasteiger partial charge on any atom is 0.237 e. The van der Waals surface area contributed by atoms with Crippen molar-refractivity contribution in [2.75, 3.05) is 12.4 Å². The summed E-state index contributed by atoms with van der Waals surface area (Å²) in [6, 6.07) is -1.44. The molecule has 4 N–H and O–H groups in total. The lowest BCUT2D eigenvalue weighted by Crippen LogP contribution is -2.48. The molecule has 0 aliphatic carbocycles. The van der Waals surface area contributed by atoms with Gasteiger partial charge in [-0.15, -0.1) is 11.6 Å². The highest BCUT2D eigenvalue weighted by Crippen LogP contribution is 2.17. The largest absolute Gasteiger partial charge is 0.356 e. The summed E-state index contributed by atoms with van der Waals surface area (Å²) in [6.07, 6.45) is 0.939. The van der Waals surface area contributed by atoms with E-state index in [1.54, 1.807) is 0 Å². The molecule has 1 heterocycles. The van der Waals surface area contributed by atoms with Gasteiger partial charge in [0.1, 0.15) is 0 Å². The van der Waals surface area contributed by atoms with Gasteiger partial charge in [-0.1, -0.05) is 0 Å². The first-order valence-electron chi connectivity index (χ1n) is 5.88. The topological polar surface area (TPSA) is 101 Å². The fourth-order valence-corrected chi connectivity index (χ4v) is 2.01. The van der Waals surface area contributed by atoms with Crippen LogP contribution in [0.5, 0.6) is 0 Å². The minimum atomic E-state index is -0.741. The van der Waals surface area contributed by atoms with Crippen molar-refractivity contribution >= 4 is 29.2 Å². The Balaban J connectivity index is 2.63. The Bertz CT molecular complexity index is 346. The standard InChI is InChI=1S/C11H18ClN3O3/c1-6(13)10(17)15-8(9(16)5-12)4-7-2-3-14-11(7)18/h6-8H,2-5,13H2,1H3,(H,14,18)(H,15,17)/t6-,7-,8-/m0/s1. The van der Waals surface area contributed by atoms with Crippen molar-refractivity contribution in [1.82, 2.24) is 10.6 Å². The van der Waals surface area contributed by atoms with E-state index >= 15 is 0 Å². The van der Waals surface area contributed by atoms with Gasteiger partial charge in [0.2, 0.25) is 11.8 Å².